The van der Waals surface area contributed by atoms with Gasteiger partial charge in [-0.3, -0.25) is 4.79 Å². The van der Waals surface area contributed by atoms with Gasteiger partial charge in [-0.25, -0.2) is 0 Å². The van der Waals surface area contributed by atoms with Crippen LogP contribution in [-0.4, -0.2) is 35.2 Å². The van der Waals surface area contributed by atoms with E-state index in [9.17, 15) is 9.36 Å². The van der Waals surface area contributed by atoms with Gasteiger partial charge in [0.1, 0.15) is 13.2 Å². The van der Waals surface area contributed by atoms with E-state index < -0.39 is 14.3 Å². The molecule has 0 N–H and O–H groups in total. The molecule has 0 bridgehead atoms. The van der Waals surface area contributed by atoms with E-state index in [2.05, 4.69) is 0 Å². The summed E-state index contributed by atoms with van der Waals surface area (Å²) in [4.78, 5) is 12.2. The molecule has 0 aromatic heterocycles. The number of hydrogen-bond donors (Lipinski definition) is 0. The Morgan fingerprint density at radius 3 is 1.67 bits per heavy atom. The van der Waals surface area contributed by atoms with E-state index in [1.54, 1.807) is 0 Å². The van der Waals surface area contributed by atoms with Gasteiger partial charge in [0.15, 0.2) is 0 Å². The van der Waals surface area contributed by atoms with Crippen LogP contribution in [0.15, 0.2) is 60.7 Å². The highest BCUT2D eigenvalue weighted by molar-refractivity contribution is 7.78. The predicted octanol–water partition coefficient (Wildman–Crippen LogP) is 6.96. The fourth-order valence-corrected chi connectivity index (χ4v) is 15.8. The molecular formula is C30H40O4P2. The highest BCUT2D eigenvalue weighted by Gasteiger charge is 2.53. The van der Waals surface area contributed by atoms with Crippen molar-refractivity contribution >= 4 is 30.9 Å². The molecule has 0 heterocycles. The van der Waals surface area contributed by atoms with E-state index in [1.165, 1.54) is 32.6 Å². The number of benzene rings is 2. The highest BCUT2D eigenvalue weighted by atomic mass is 31.2. The summed E-state index contributed by atoms with van der Waals surface area (Å²) in [6.45, 7) is 1.46. The second kappa shape index (κ2) is 11.0. The Hall–Kier alpha value is -1.63. The zero-order valence-corrected chi connectivity index (χ0v) is 23.3. The van der Waals surface area contributed by atoms with Crippen LogP contribution >= 0.6 is 14.3 Å². The maximum Gasteiger partial charge on any atom is 0.302 e. The van der Waals surface area contributed by atoms with Gasteiger partial charge >= 0.3 is 5.97 Å². The molecular weight excluding hydrogens is 486 g/mol. The molecule has 3 fully saturated rings. The Bertz CT molecular complexity index is 1060. The molecule has 0 amide bonds. The lowest BCUT2D eigenvalue weighted by molar-refractivity contribution is -0.147. The van der Waals surface area contributed by atoms with Crippen LogP contribution in [0, 0.1) is 5.92 Å². The van der Waals surface area contributed by atoms with Crippen molar-refractivity contribution < 1.29 is 18.7 Å². The van der Waals surface area contributed by atoms with Crippen molar-refractivity contribution in [3.05, 3.63) is 60.7 Å². The van der Waals surface area contributed by atoms with Crippen molar-refractivity contribution in [2.45, 2.75) is 94.2 Å². The summed E-state index contributed by atoms with van der Waals surface area (Å²) in [5, 5.41) is 1.69. The molecule has 0 unspecified atom stereocenters. The molecule has 0 saturated heterocycles. The molecule has 5 rings (SSSR count). The van der Waals surface area contributed by atoms with E-state index >= 15 is 4.57 Å². The van der Waals surface area contributed by atoms with Gasteiger partial charge < -0.3 is 13.9 Å². The summed E-state index contributed by atoms with van der Waals surface area (Å²) >= 11 is 0. The monoisotopic (exact) mass is 526 g/mol. The number of carbonyl (C=O) groups is 1. The normalized spacial score (nSPS) is 25.9. The molecule has 0 aliphatic heterocycles. The van der Waals surface area contributed by atoms with Crippen LogP contribution in [0.3, 0.4) is 0 Å². The van der Waals surface area contributed by atoms with Gasteiger partial charge in [-0.1, -0.05) is 86.3 Å². The third kappa shape index (κ3) is 5.06. The SMILES string of the molecule is CC(=O)O[C@@H]1C[C@H](P(=O)(C2CCCC2)C2CCCC2)C[C@H]1CP(=O)(c1ccccc1)c1ccccc1. The summed E-state index contributed by atoms with van der Waals surface area (Å²) in [5.41, 5.74) is 0.743. The standard InChI is InChI=1S/C30H40O4P2/c1-23(31)34-30-21-29(36(33,27-16-8-9-17-27)28-18-10-11-19-28)20-24(30)22-35(32,25-12-4-2-5-13-25)26-14-6-3-7-15-26/h2-7,12-15,24,27-30H,8-11,16-22H2,1H3/t24-,29+,30+/m0/s1. The molecule has 3 aliphatic carbocycles. The Kier molecular flexibility index (Phi) is 7.95. The number of carbonyl (C=O) groups excluding carboxylic acids is 1. The topological polar surface area (TPSA) is 60.4 Å². The summed E-state index contributed by atoms with van der Waals surface area (Å²) in [6, 6.07) is 19.5. The maximum atomic E-state index is 15.1. The zero-order valence-electron chi connectivity index (χ0n) is 21.5. The minimum atomic E-state index is -2.96. The van der Waals surface area contributed by atoms with Gasteiger partial charge in [-0.05, 0) is 38.5 Å². The maximum absolute atomic E-state index is 15.1. The molecule has 0 spiro atoms. The quantitative estimate of drug-likeness (QED) is 0.276. The molecule has 2 aromatic rings. The highest BCUT2D eigenvalue weighted by Crippen LogP contribution is 2.70. The molecule has 4 nitrogen and oxygen atoms in total. The molecule has 3 saturated carbocycles. The number of ether oxygens (including phenoxy) is 1. The van der Waals surface area contributed by atoms with Gasteiger partial charge in [-0.15, -0.1) is 0 Å². The minimum absolute atomic E-state index is 0.0544. The molecule has 0 radical (unpaired) electrons. The lowest BCUT2D eigenvalue weighted by Gasteiger charge is -2.35. The third-order valence-corrected chi connectivity index (χ3v) is 17.2. The van der Waals surface area contributed by atoms with Gasteiger partial charge in [0.2, 0.25) is 0 Å². The van der Waals surface area contributed by atoms with Gasteiger partial charge in [0, 0.05) is 46.6 Å². The van der Waals surface area contributed by atoms with Crippen molar-refractivity contribution in [2.24, 2.45) is 5.92 Å². The average molecular weight is 527 g/mol. The third-order valence-electron chi connectivity index (χ3n) is 9.12. The summed E-state index contributed by atoms with van der Waals surface area (Å²) in [7, 11) is -5.44. The largest absolute Gasteiger partial charge is 0.462 e. The molecule has 2 aromatic carbocycles. The van der Waals surface area contributed by atoms with Crippen molar-refractivity contribution in [1.29, 1.82) is 0 Å². The summed E-state index contributed by atoms with van der Waals surface area (Å²) in [6.07, 6.45) is 10.6. The van der Waals surface area contributed by atoms with E-state index in [0.717, 1.165) is 42.7 Å². The number of esters is 1. The van der Waals surface area contributed by atoms with Gasteiger partial charge in [-0.2, -0.15) is 0 Å². The van der Waals surface area contributed by atoms with Crippen LogP contribution in [0.25, 0.3) is 0 Å². The Balaban J connectivity index is 1.49. The smallest absolute Gasteiger partial charge is 0.302 e. The lowest BCUT2D eigenvalue weighted by Crippen LogP contribution is -2.28. The van der Waals surface area contributed by atoms with E-state index in [0.29, 0.717) is 23.9 Å². The molecule has 3 aliphatic rings. The van der Waals surface area contributed by atoms with Crippen LogP contribution < -0.4 is 10.6 Å². The van der Waals surface area contributed by atoms with E-state index in [1.807, 2.05) is 60.7 Å². The Morgan fingerprint density at radius 2 is 1.22 bits per heavy atom. The number of hydrogen-bond acceptors (Lipinski definition) is 4. The molecule has 194 valence electrons. The molecule has 36 heavy (non-hydrogen) atoms. The first kappa shape index (κ1) is 26.0. The van der Waals surface area contributed by atoms with E-state index in [4.69, 9.17) is 4.74 Å². The van der Waals surface area contributed by atoms with Crippen LogP contribution in [0.5, 0.6) is 0 Å². The van der Waals surface area contributed by atoms with Crippen molar-refractivity contribution in [3.8, 4) is 0 Å². The van der Waals surface area contributed by atoms with Crippen LogP contribution in [0.4, 0.5) is 0 Å². The fourth-order valence-electron chi connectivity index (χ4n) is 7.47. The van der Waals surface area contributed by atoms with Crippen LogP contribution in [0.2, 0.25) is 0 Å². The van der Waals surface area contributed by atoms with Crippen LogP contribution in [-0.2, 0) is 18.7 Å². The first-order valence-electron chi connectivity index (χ1n) is 13.9. The van der Waals surface area contributed by atoms with Crippen molar-refractivity contribution in [2.75, 3.05) is 6.16 Å². The molecule has 6 heteroatoms. The molecule has 3 atom stereocenters. The minimum Gasteiger partial charge on any atom is -0.462 e. The first-order valence-corrected chi connectivity index (χ1v) is 17.7. The Morgan fingerprint density at radius 1 is 0.750 bits per heavy atom. The average Bonchev–Trinajstić information content (AvgIpc) is 3.68. The van der Waals surface area contributed by atoms with Crippen molar-refractivity contribution in [3.63, 3.8) is 0 Å². The van der Waals surface area contributed by atoms with Crippen LogP contribution in [0.1, 0.15) is 71.1 Å². The van der Waals surface area contributed by atoms with Gasteiger partial charge in [0.05, 0.1) is 7.14 Å². The predicted molar refractivity (Wildman–Crippen MR) is 149 cm³/mol. The number of rotatable bonds is 8. The lowest BCUT2D eigenvalue weighted by atomic mass is 10.1. The summed E-state index contributed by atoms with van der Waals surface area (Å²) in [5.74, 6) is -0.349. The second-order valence-electron chi connectivity index (χ2n) is 11.3. The first-order chi connectivity index (χ1) is 17.4. The fraction of sp³-hybridized carbons (Fsp3) is 0.567. The zero-order chi connectivity index (χ0) is 25.2. The van der Waals surface area contributed by atoms with Crippen molar-refractivity contribution in [1.82, 2.24) is 0 Å². The Labute approximate surface area is 216 Å². The van der Waals surface area contributed by atoms with E-state index in [-0.39, 0.29) is 23.7 Å². The summed E-state index contributed by atoms with van der Waals surface area (Å²) < 4.78 is 35.9. The second-order valence-corrected chi connectivity index (χ2v) is 17.9. The van der Waals surface area contributed by atoms with Gasteiger partial charge in [0.25, 0.3) is 0 Å².